The lowest BCUT2D eigenvalue weighted by Gasteiger charge is -2.32. The van der Waals surface area contributed by atoms with Gasteiger partial charge in [-0.05, 0) is 45.8 Å². The summed E-state index contributed by atoms with van der Waals surface area (Å²) >= 11 is 3.11. The van der Waals surface area contributed by atoms with E-state index in [2.05, 4.69) is 15.9 Å². The average molecular weight is 428 g/mol. The third-order valence-corrected chi connectivity index (χ3v) is 4.93. The van der Waals surface area contributed by atoms with Crippen LogP contribution in [-0.4, -0.2) is 30.0 Å². The summed E-state index contributed by atoms with van der Waals surface area (Å²) in [5, 5.41) is 0. The standard InChI is InChI=1S/C19H17BrF3NO2/c20-15-9-12(1-3-16(15)22)10-19(25)24-7-5-14(6-8-24)26-18-4-2-13(21)11-17(18)23/h1-4,9,11,14H,5-8,10H2. The number of carbonyl (C=O) groups excluding carboxylic acids is 1. The van der Waals surface area contributed by atoms with Crippen LogP contribution < -0.4 is 4.74 Å². The molecule has 0 bridgehead atoms. The van der Waals surface area contributed by atoms with E-state index >= 15 is 0 Å². The topological polar surface area (TPSA) is 29.5 Å². The average Bonchev–Trinajstić information content (AvgIpc) is 2.61. The second kappa shape index (κ2) is 8.12. The highest BCUT2D eigenvalue weighted by molar-refractivity contribution is 9.10. The Hall–Kier alpha value is -2.02. The van der Waals surface area contributed by atoms with Crippen LogP contribution in [0.4, 0.5) is 13.2 Å². The van der Waals surface area contributed by atoms with Gasteiger partial charge in [0.25, 0.3) is 0 Å². The molecule has 1 saturated heterocycles. The van der Waals surface area contributed by atoms with Gasteiger partial charge >= 0.3 is 0 Å². The number of hydrogen-bond acceptors (Lipinski definition) is 2. The summed E-state index contributed by atoms with van der Waals surface area (Å²) in [6.07, 6.45) is 1.10. The monoisotopic (exact) mass is 427 g/mol. The number of likely N-dealkylation sites (tertiary alicyclic amines) is 1. The van der Waals surface area contributed by atoms with Gasteiger partial charge in [-0.25, -0.2) is 13.2 Å². The van der Waals surface area contributed by atoms with Crippen molar-refractivity contribution < 1.29 is 22.7 Å². The Morgan fingerprint density at radius 2 is 1.81 bits per heavy atom. The fourth-order valence-corrected chi connectivity index (χ4v) is 3.34. The minimum atomic E-state index is -0.731. The number of nitrogens with zero attached hydrogens (tertiary/aromatic N) is 1. The molecule has 0 N–H and O–H groups in total. The number of piperidine rings is 1. The van der Waals surface area contributed by atoms with Crippen molar-refractivity contribution in [3.05, 3.63) is 63.9 Å². The zero-order chi connectivity index (χ0) is 18.7. The molecule has 0 unspecified atom stereocenters. The second-order valence-corrected chi connectivity index (χ2v) is 7.05. The first-order valence-corrected chi connectivity index (χ1v) is 9.05. The van der Waals surface area contributed by atoms with Crippen LogP contribution in [-0.2, 0) is 11.2 Å². The Morgan fingerprint density at radius 1 is 1.08 bits per heavy atom. The number of amides is 1. The summed E-state index contributed by atoms with van der Waals surface area (Å²) < 4.78 is 45.8. The minimum Gasteiger partial charge on any atom is -0.487 e. The molecule has 0 saturated carbocycles. The van der Waals surface area contributed by atoms with Crippen LogP contribution >= 0.6 is 15.9 Å². The van der Waals surface area contributed by atoms with Crippen molar-refractivity contribution in [3.8, 4) is 5.75 Å². The molecular weight excluding hydrogens is 411 g/mol. The van der Waals surface area contributed by atoms with Gasteiger partial charge in [-0.15, -0.1) is 0 Å². The molecule has 0 spiro atoms. The zero-order valence-electron chi connectivity index (χ0n) is 13.9. The van der Waals surface area contributed by atoms with Gasteiger partial charge in [0.05, 0.1) is 10.9 Å². The van der Waals surface area contributed by atoms with Gasteiger partial charge in [-0.3, -0.25) is 4.79 Å². The van der Waals surface area contributed by atoms with Crippen molar-refractivity contribution in [1.82, 2.24) is 4.90 Å². The molecule has 3 nitrogen and oxygen atoms in total. The lowest BCUT2D eigenvalue weighted by Crippen LogP contribution is -2.42. The van der Waals surface area contributed by atoms with E-state index in [1.807, 2.05) is 0 Å². The van der Waals surface area contributed by atoms with Crippen LogP contribution in [0.1, 0.15) is 18.4 Å². The van der Waals surface area contributed by atoms with Crippen molar-refractivity contribution in [2.24, 2.45) is 0 Å². The SMILES string of the molecule is O=C(Cc1ccc(F)c(Br)c1)N1CCC(Oc2ccc(F)cc2F)CC1. The highest BCUT2D eigenvalue weighted by Crippen LogP contribution is 2.23. The van der Waals surface area contributed by atoms with Crippen molar-refractivity contribution in [2.45, 2.75) is 25.4 Å². The first-order valence-electron chi connectivity index (χ1n) is 8.26. The van der Waals surface area contributed by atoms with E-state index in [-0.39, 0.29) is 30.0 Å². The molecule has 26 heavy (non-hydrogen) atoms. The van der Waals surface area contributed by atoms with E-state index in [9.17, 15) is 18.0 Å². The summed E-state index contributed by atoms with van der Waals surface area (Å²) in [5.74, 6) is -1.78. The van der Waals surface area contributed by atoms with E-state index in [0.29, 0.717) is 30.4 Å². The summed E-state index contributed by atoms with van der Waals surface area (Å²) in [4.78, 5) is 14.1. The molecule has 0 aromatic heterocycles. The number of benzene rings is 2. The first-order chi connectivity index (χ1) is 12.4. The van der Waals surface area contributed by atoms with Gasteiger partial charge in [0.15, 0.2) is 11.6 Å². The van der Waals surface area contributed by atoms with Gasteiger partial charge < -0.3 is 9.64 Å². The number of rotatable bonds is 4. The van der Waals surface area contributed by atoms with Crippen molar-refractivity contribution in [3.63, 3.8) is 0 Å². The van der Waals surface area contributed by atoms with Crippen molar-refractivity contribution >= 4 is 21.8 Å². The molecule has 2 aromatic rings. The Kier molecular flexibility index (Phi) is 5.86. The molecule has 0 aliphatic carbocycles. The van der Waals surface area contributed by atoms with E-state index < -0.39 is 11.6 Å². The summed E-state index contributed by atoms with van der Waals surface area (Å²) in [5.41, 5.74) is 0.732. The van der Waals surface area contributed by atoms with Crippen LogP contribution in [0.5, 0.6) is 5.75 Å². The van der Waals surface area contributed by atoms with Gasteiger partial charge in [0, 0.05) is 32.0 Å². The minimum absolute atomic E-state index is 0.0207. The Morgan fingerprint density at radius 3 is 2.46 bits per heavy atom. The lowest BCUT2D eigenvalue weighted by atomic mass is 10.1. The third kappa shape index (κ3) is 4.58. The smallest absolute Gasteiger partial charge is 0.226 e. The lowest BCUT2D eigenvalue weighted by molar-refractivity contribution is -0.132. The number of hydrogen-bond donors (Lipinski definition) is 0. The predicted molar refractivity (Wildman–Crippen MR) is 94.4 cm³/mol. The van der Waals surface area contributed by atoms with Crippen molar-refractivity contribution in [1.29, 1.82) is 0 Å². The molecule has 1 amide bonds. The Labute approximate surface area is 157 Å². The number of ether oxygens (including phenoxy) is 1. The van der Waals surface area contributed by atoms with E-state index in [0.717, 1.165) is 17.7 Å². The van der Waals surface area contributed by atoms with E-state index in [4.69, 9.17) is 4.74 Å². The highest BCUT2D eigenvalue weighted by Gasteiger charge is 2.24. The molecule has 0 atom stereocenters. The van der Waals surface area contributed by atoms with Gasteiger partial charge in [-0.2, -0.15) is 0 Å². The molecule has 138 valence electrons. The molecule has 1 fully saturated rings. The second-order valence-electron chi connectivity index (χ2n) is 6.20. The molecule has 7 heteroatoms. The van der Waals surface area contributed by atoms with Crippen LogP contribution in [0.2, 0.25) is 0 Å². The van der Waals surface area contributed by atoms with Crippen LogP contribution in [0.15, 0.2) is 40.9 Å². The predicted octanol–water partition coefficient (Wildman–Crippen LogP) is 4.48. The molecule has 1 aliphatic rings. The molecule has 2 aromatic carbocycles. The van der Waals surface area contributed by atoms with Gasteiger partial charge in [0.2, 0.25) is 5.91 Å². The normalized spacial score (nSPS) is 15.2. The zero-order valence-corrected chi connectivity index (χ0v) is 15.4. The van der Waals surface area contributed by atoms with Crippen LogP contribution in [0.25, 0.3) is 0 Å². The maximum Gasteiger partial charge on any atom is 0.226 e. The molecule has 0 radical (unpaired) electrons. The van der Waals surface area contributed by atoms with Crippen LogP contribution in [0, 0.1) is 17.5 Å². The van der Waals surface area contributed by atoms with Gasteiger partial charge in [-0.1, -0.05) is 6.07 Å². The first kappa shape index (κ1) is 18.8. The van der Waals surface area contributed by atoms with Crippen LogP contribution in [0.3, 0.4) is 0 Å². The summed E-state index contributed by atoms with van der Waals surface area (Å²) in [7, 11) is 0. The molecular formula is C19H17BrF3NO2. The maximum atomic E-state index is 13.7. The van der Waals surface area contributed by atoms with E-state index in [1.165, 1.54) is 12.1 Å². The Bertz CT molecular complexity index is 807. The maximum absolute atomic E-state index is 13.7. The number of halogens is 4. The third-order valence-electron chi connectivity index (χ3n) is 4.32. The van der Waals surface area contributed by atoms with E-state index in [1.54, 1.807) is 17.0 Å². The quantitative estimate of drug-likeness (QED) is 0.719. The fraction of sp³-hybridized carbons (Fsp3) is 0.316. The Balaban J connectivity index is 1.52. The molecule has 1 aliphatic heterocycles. The fourth-order valence-electron chi connectivity index (χ4n) is 2.91. The molecule has 1 heterocycles. The van der Waals surface area contributed by atoms with Crippen molar-refractivity contribution in [2.75, 3.05) is 13.1 Å². The highest BCUT2D eigenvalue weighted by atomic mass is 79.9. The van der Waals surface area contributed by atoms with Gasteiger partial charge in [0.1, 0.15) is 17.7 Å². The molecule has 3 rings (SSSR count). The summed E-state index contributed by atoms with van der Waals surface area (Å²) in [6.45, 7) is 0.989. The summed E-state index contributed by atoms with van der Waals surface area (Å²) in [6, 6.07) is 7.72. The number of carbonyl (C=O) groups is 1. The largest absolute Gasteiger partial charge is 0.487 e.